The Hall–Kier alpha value is -2.86. The fourth-order valence-corrected chi connectivity index (χ4v) is 4.96. The van der Waals surface area contributed by atoms with Gasteiger partial charge < -0.3 is 15.6 Å². The highest BCUT2D eigenvalue weighted by atomic mass is 35.5. The summed E-state index contributed by atoms with van der Waals surface area (Å²) in [6, 6.07) is 1.20. The lowest BCUT2D eigenvalue weighted by Crippen LogP contribution is -2.32. The van der Waals surface area contributed by atoms with E-state index in [-0.39, 0.29) is 23.3 Å². The van der Waals surface area contributed by atoms with Crippen LogP contribution in [0.3, 0.4) is 0 Å². The van der Waals surface area contributed by atoms with Gasteiger partial charge in [-0.3, -0.25) is 9.59 Å². The summed E-state index contributed by atoms with van der Waals surface area (Å²) in [7, 11) is 0. The maximum Gasteiger partial charge on any atom is 0.250 e. The number of nitrogens with zero attached hydrogens (tertiary/aromatic N) is 1. The van der Waals surface area contributed by atoms with Crippen molar-refractivity contribution in [1.29, 1.82) is 0 Å². The van der Waals surface area contributed by atoms with E-state index in [0.717, 1.165) is 18.4 Å². The summed E-state index contributed by atoms with van der Waals surface area (Å²) in [5.74, 6) is -1.55. The van der Waals surface area contributed by atoms with E-state index < -0.39 is 11.7 Å². The zero-order valence-electron chi connectivity index (χ0n) is 16.7. The van der Waals surface area contributed by atoms with Crippen LogP contribution in [0.4, 0.5) is 4.39 Å². The number of amides is 2. The van der Waals surface area contributed by atoms with Crippen molar-refractivity contribution in [2.45, 2.75) is 25.7 Å². The summed E-state index contributed by atoms with van der Waals surface area (Å²) in [6.07, 6.45) is 8.81. The van der Waals surface area contributed by atoms with Crippen LogP contribution in [0, 0.1) is 18.7 Å². The molecule has 2 aliphatic rings. The van der Waals surface area contributed by atoms with Gasteiger partial charge in [0, 0.05) is 35.7 Å². The van der Waals surface area contributed by atoms with Gasteiger partial charge in [-0.15, -0.1) is 0 Å². The first-order valence-corrected chi connectivity index (χ1v) is 10.3. The van der Waals surface area contributed by atoms with Crippen LogP contribution in [-0.2, 0) is 4.79 Å². The number of halogens is 2. The van der Waals surface area contributed by atoms with Crippen LogP contribution in [0.5, 0.6) is 0 Å². The quantitative estimate of drug-likeness (QED) is 0.713. The number of carbonyl (C=O) groups is 2. The number of hydrogen-bond acceptors (Lipinski definition) is 2. The second kappa shape index (κ2) is 7.76. The van der Waals surface area contributed by atoms with Crippen molar-refractivity contribution in [2.24, 2.45) is 11.7 Å². The van der Waals surface area contributed by atoms with E-state index in [1.807, 2.05) is 18.2 Å². The number of carbonyl (C=O) groups excluding carboxylic acids is 2. The van der Waals surface area contributed by atoms with Crippen molar-refractivity contribution in [1.82, 2.24) is 9.88 Å². The molecule has 7 heteroatoms. The number of nitrogens with one attached hydrogen (secondary N) is 1. The smallest absolute Gasteiger partial charge is 0.250 e. The number of nitrogens with two attached hydrogens (primary N) is 1. The van der Waals surface area contributed by atoms with Crippen molar-refractivity contribution < 1.29 is 14.0 Å². The molecule has 1 fully saturated rings. The van der Waals surface area contributed by atoms with E-state index in [4.69, 9.17) is 17.3 Å². The molecule has 2 amide bonds. The number of H-pyrrole nitrogens is 1. The fourth-order valence-electron chi connectivity index (χ4n) is 4.71. The number of primary amides is 1. The van der Waals surface area contributed by atoms with Crippen LogP contribution in [-0.4, -0.2) is 34.8 Å². The molecule has 1 aliphatic heterocycles. The molecule has 1 aromatic heterocycles. The van der Waals surface area contributed by atoms with Crippen molar-refractivity contribution in [3.63, 3.8) is 0 Å². The number of aromatic amines is 1. The number of aromatic nitrogens is 1. The second-order valence-corrected chi connectivity index (χ2v) is 8.24. The third-order valence-corrected chi connectivity index (χ3v) is 6.59. The van der Waals surface area contributed by atoms with E-state index in [0.29, 0.717) is 40.3 Å². The lowest BCUT2D eigenvalue weighted by molar-refractivity contribution is -0.125. The molecule has 4 rings (SSSR count). The monoisotopic (exact) mass is 427 g/mol. The lowest BCUT2D eigenvalue weighted by atomic mass is 9.75. The number of benzene rings is 1. The first-order chi connectivity index (χ1) is 14.3. The Morgan fingerprint density at radius 1 is 1.43 bits per heavy atom. The molecule has 1 aromatic carbocycles. The highest BCUT2D eigenvalue weighted by molar-refractivity contribution is 6.37. The summed E-state index contributed by atoms with van der Waals surface area (Å²) in [5, 5.41) is 0.894. The molecule has 0 radical (unpaired) electrons. The van der Waals surface area contributed by atoms with Crippen LogP contribution < -0.4 is 5.73 Å². The SMILES string of the molecule is C=CC(=O)N1CCCC2C(=CC=CC2c2c(F)cc(C(N)=O)c3[nH]c(C)c(Cl)c23)C1. The standard InChI is InChI=1S/C23H23ClFN3O2/c1-3-18(29)28-9-5-8-14-13(11-28)6-4-7-15(14)19-17(25)10-16(23(26)30)22-20(19)21(24)12(2)27-22/h3-4,6-7,10,14-15,27H,1,5,8-9,11H2,2H3,(H2,26,30). The molecule has 0 spiro atoms. The first-order valence-electron chi connectivity index (χ1n) is 9.92. The maximum absolute atomic E-state index is 15.4. The zero-order chi connectivity index (χ0) is 21.6. The van der Waals surface area contributed by atoms with Crippen LogP contribution in [0.15, 0.2) is 42.5 Å². The molecule has 0 saturated carbocycles. The predicted octanol–water partition coefficient (Wildman–Crippen LogP) is 4.37. The number of likely N-dealkylation sites (tertiary alicyclic amines) is 1. The highest BCUT2D eigenvalue weighted by Gasteiger charge is 2.34. The largest absolute Gasteiger partial charge is 0.366 e. The van der Waals surface area contributed by atoms with Crippen molar-refractivity contribution in [3.8, 4) is 0 Å². The Bertz CT molecular complexity index is 1130. The van der Waals surface area contributed by atoms with Crippen LogP contribution in [0.25, 0.3) is 10.9 Å². The molecule has 2 atom stereocenters. The Labute approximate surface area is 179 Å². The normalized spacial score (nSPS) is 21.2. The molecule has 5 nitrogen and oxygen atoms in total. The Kier molecular flexibility index (Phi) is 5.28. The van der Waals surface area contributed by atoms with E-state index in [1.54, 1.807) is 11.8 Å². The van der Waals surface area contributed by atoms with Crippen LogP contribution in [0.2, 0.25) is 5.02 Å². The fraction of sp³-hybridized carbons (Fsp3) is 0.304. The predicted molar refractivity (Wildman–Crippen MR) is 116 cm³/mol. The molecule has 1 aliphatic carbocycles. The molecule has 0 bridgehead atoms. The Balaban J connectivity index is 1.85. The van der Waals surface area contributed by atoms with Gasteiger partial charge in [0.05, 0.1) is 16.1 Å². The number of fused-ring (bicyclic) bond motifs is 2. The average Bonchev–Trinajstić information content (AvgIpc) is 2.90. The maximum atomic E-state index is 15.4. The molecular formula is C23H23ClFN3O2. The molecular weight excluding hydrogens is 405 g/mol. The summed E-state index contributed by atoms with van der Waals surface area (Å²) < 4.78 is 15.4. The van der Waals surface area contributed by atoms with Crippen LogP contribution >= 0.6 is 11.6 Å². The minimum Gasteiger partial charge on any atom is -0.366 e. The third-order valence-electron chi connectivity index (χ3n) is 6.12. The summed E-state index contributed by atoms with van der Waals surface area (Å²) >= 11 is 6.55. The second-order valence-electron chi connectivity index (χ2n) is 7.86. The van der Waals surface area contributed by atoms with Gasteiger partial charge in [-0.05, 0) is 43.4 Å². The van der Waals surface area contributed by atoms with Gasteiger partial charge in [-0.25, -0.2) is 4.39 Å². The van der Waals surface area contributed by atoms with E-state index >= 15 is 4.39 Å². The molecule has 2 unspecified atom stereocenters. The van der Waals surface area contributed by atoms with E-state index in [9.17, 15) is 9.59 Å². The minimum atomic E-state index is -0.712. The molecule has 30 heavy (non-hydrogen) atoms. The van der Waals surface area contributed by atoms with Gasteiger partial charge >= 0.3 is 0 Å². The zero-order valence-corrected chi connectivity index (χ0v) is 17.4. The number of rotatable bonds is 3. The van der Waals surface area contributed by atoms with Crippen LogP contribution in [0.1, 0.15) is 40.4 Å². The lowest BCUT2D eigenvalue weighted by Gasteiger charge is -2.30. The molecule has 2 heterocycles. The average molecular weight is 428 g/mol. The molecule has 156 valence electrons. The molecule has 3 N–H and O–H groups in total. The van der Waals surface area contributed by atoms with Gasteiger partial charge in [0.15, 0.2) is 0 Å². The number of allylic oxidation sites excluding steroid dienone is 3. The summed E-state index contributed by atoms with van der Waals surface area (Å²) in [6.45, 7) is 6.48. The topological polar surface area (TPSA) is 79.2 Å². The Morgan fingerprint density at radius 2 is 2.20 bits per heavy atom. The molecule has 2 aromatic rings. The van der Waals surface area contributed by atoms with Gasteiger partial charge in [0.1, 0.15) is 5.82 Å². The van der Waals surface area contributed by atoms with E-state index in [1.165, 1.54) is 12.1 Å². The number of hydrogen-bond donors (Lipinski definition) is 2. The summed E-state index contributed by atoms with van der Waals surface area (Å²) in [5.41, 5.74) is 8.21. The highest BCUT2D eigenvalue weighted by Crippen LogP contribution is 2.45. The number of aryl methyl sites for hydroxylation is 1. The van der Waals surface area contributed by atoms with Crippen molar-refractivity contribution in [3.05, 3.63) is 70.2 Å². The van der Waals surface area contributed by atoms with Gasteiger partial charge in [-0.1, -0.05) is 36.4 Å². The Morgan fingerprint density at radius 3 is 2.90 bits per heavy atom. The van der Waals surface area contributed by atoms with E-state index in [2.05, 4.69) is 11.6 Å². The summed E-state index contributed by atoms with van der Waals surface area (Å²) in [4.78, 5) is 28.9. The molecule has 1 saturated heterocycles. The van der Waals surface area contributed by atoms with Crippen molar-refractivity contribution >= 4 is 34.3 Å². The third kappa shape index (κ3) is 3.25. The van der Waals surface area contributed by atoms with Gasteiger partial charge in [0.25, 0.3) is 5.91 Å². The van der Waals surface area contributed by atoms with Gasteiger partial charge in [0.2, 0.25) is 5.91 Å². The minimum absolute atomic E-state index is 0.0287. The van der Waals surface area contributed by atoms with Gasteiger partial charge in [-0.2, -0.15) is 0 Å². The first kappa shape index (κ1) is 20.4. The van der Waals surface area contributed by atoms with Crippen molar-refractivity contribution in [2.75, 3.05) is 13.1 Å².